The molecule has 7 nitrogen and oxygen atoms in total. The highest BCUT2D eigenvalue weighted by atomic mass is 35.5. The first-order valence-corrected chi connectivity index (χ1v) is 13.9. The van der Waals surface area contributed by atoms with Gasteiger partial charge in [0.25, 0.3) is 0 Å². The first-order valence-electron chi connectivity index (χ1n) is 13.5. The number of piperazine rings is 1. The van der Waals surface area contributed by atoms with E-state index in [1.54, 1.807) is 13.1 Å². The summed E-state index contributed by atoms with van der Waals surface area (Å²) in [5.74, 6) is 1.56. The van der Waals surface area contributed by atoms with Crippen LogP contribution in [0.1, 0.15) is 31.5 Å². The molecule has 2 aromatic carbocycles. The number of hydrogen-bond acceptors (Lipinski definition) is 5. The molecule has 5 aromatic rings. The van der Waals surface area contributed by atoms with Gasteiger partial charge >= 0.3 is 0 Å². The highest BCUT2D eigenvalue weighted by Crippen LogP contribution is 2.42. The number of imidazole rings is 1. The predicted octanol–water partition coefficient (Wildman–Crippen LogP) is 5.68. The van der Waals surface area contributed by atoms with E-state index in [1.807, 2.05) is 29.3 Å². The Kier molecular flexibility index (Phi) is 6.05. The Labute approximate surface area is 232 Å². The van der Waals surface area contributed by atoms with Gasteiger partial charge in [-0.05, 0) is 25.0 Å². The lowest BCUT2D eigenvalue weighted by atomic mass is 9.78. The molecule has 196 valence electrons. The Balaban J connectivity index is 1.20. The van der Waals surface area contributed by atoms with Gasteiger partial charge in [0.2, 0.25) is 5.91 Å². The van der Waals surface area contributed by atoms with Gasteiger partial charge in [-0.1, -0.05) is 60.1 Å². The van der Waals surface area contributed by atoms with Crippen molar-refractivity contribution in [1.82, 2.24) is 29.2 Å². The summed E-state index contributed by atoms with van der Waals surface area (Å²) in [5, 5.41) is 1.53. The molecule has 0 atom stereocenters. The van der Waals surface area contributed by atoms with Gasteiger partial charge in [-0.15, -0.1) is 0 Å². The van der Waals surface area contributed by atoms with Crippen LogP contribution in [0.2, 0.25) is 5.15 Å². The Hall–Kier alpha value is -3.81. The zero-order valence-corrected chi connectivity index (χ0v) is 22.6. The Morgan fingerprint density at radius 3 is 2.46 bits per heavy atom. The smallest absolute Gasteiger partial charge is 0.219 e. The van der Waals surface area contributed by atoms with Crippen molar-refractivity contribution in [2.75, 3.05) is 26.2 Å². The van der Waals surface area contributed by atoms with Crippen molar-refractivity contribution < 1.29 is 4.79 Å². The van der Waals surface area contributed by atoms with Gasteiger partial charge in [0, 0.05) is 74.0 Å². The second-order valence-corrected chi connectivity index (χ2v) is 10.9. The van der Waals surface area contributed by atoms with Crippen molar-refractivity contribution in [3.8, 4) is 22.5 Å². The molecule has 0 N–H and O–H groups in total. The normalized spacial score (nSPS) is 19.9. The number of benzene rings is 2. The van der Waals surface area contributed by atoms with Crippen LogP contribution in [0.15, 0.2) is 73.1 Å². The van der Waals surface area contributed by atoms with Gasteiger partial charge in [-0.3, -0.25) is 14.1 Å². The maximum Gasteiger partial charge on any atom is 0.219 e. The first-order chi connectivity index (χ1) is 19.0. The van der Waals surface area contributed by atoms with Crippen LogP contribution in [-0.4, -0.2) is 67.3 Å². The average molecular weight is 537 g/mol. The number of amides is 1. The molecule has 1 amide bonds. The predicted molar refractivity (Wildman–Crippen MR) is 154 cm³/mol. The molecular weight excluding hydrogens is 508 g/mol. The topological polar surface area (TPSA) is 66.6 Å². The molecule has 2 fully saturated rings. The molecule has 0 spiro atoms. The molecule has 0 unspecified atom stereocenters. The van der Waals surface area contributed by atoms with E-state index in [-0.39, 0.29) is 5.91 Å². The number of rotatable bonds is 4. The second-order valence-electron chi connectivity index (χ2n) is 10.6. The van der Waals surface area contributed by atoms with Crippen LogP contribution in [0.4, 0.5) is 0 Å². The molecule has 4 heterocycles. The molecule has 0 bridgehead atoms. The SMILES string of the molecule is CC(=O)N1CCN(C2CC(c3nc(-c4ccc5ccc(-c6ccccc6)nc5c4)c4c(Cl)nccn34)C2)CC1. The third-order valence-corrected chi connectivity index (χ3v) is 8.60. The molecule has 1 saturated heterocycles. The van der Waals surface area contributed by atoms with E-state index in [2.05, 4.69) is 56.7 Å². The highest BCUT2D eigenvalue weighted by Gasteiger charge is 2.38. The van der Waals surface area contributed by atoms with Crippen molar-refractivity contribution in [2.45, 2.75) is 31.7 Å². The van der Waals surface area contributed by atoms with Crippen LogP contribution in [0.25, 0.3) is 38.9 Å². The second kappa shape index (κ2) is 9.74. The maximum absolute atomic E-state index is 11.7. The summed E-state index contributed by atoms with van der Waals surface area (Å²) < 4.78 is 2.12. The van der Waals surface area contributed by atoms with Crippen LogP contribution in [0.5, 0.6) is 0 Å². The molecular formula is C31H29ClN6O. The molecule has 1 saturated carbocycles. The fraction of sp³-hybridized carbons (Fsp3) is 0.290. The minimum atomic E-state index is 0.170. The van der Waals surface area contributed by atoms with Crippen LogP contribution >= 0.6 is 11.6 Å². The van der Waals surface area contributed by atoms with Gasteiger partial charge in [0.05, 0.1) is 16.9 Å². The van der Waals surface area contributed by atoms with Crippen molar-refractivity contribution in [3.63, 3.8) is 0 Å². The largest absolute Gasteiger partial charge is 0.340 e. The van der Waals surface area contributed by atoms with Crippen LogP contribution in [0.3, 0.4) is 0 Å². The van der Waals surface area contributed by atoms with E-state index in [1.165, 1.54) is 0 Å². The number of fused-ring (bicyclic) bond motifs is 2. The van der Waals surface area contributed by atoms with E-state index in [0.717, 1.165) is 83.8 Å². The summed E-state index contributed by atoms with van der Waals surface area (Å²) in [6, 6.07) is 21.2. The van der Waals surface area contributed by atoms with Gasteiger partial charge in [-0.25, -0.2) is 15.0 Å². The molecule has 1 aliphatic heterocycles. The van der Waals surface area contributed by atoms with Crippen LogP contribution in [0, 0.1) is 0 Å². The van der Waals surface area contributed by atoms with Crippen LogP contribution < -0.4 is 0 Å². The van der Waals surface area contributed by atoms with E-state index in [4.69, 9.17) is 21.6 Å². The summed E-state index contributed by atoms with van der Waals surface area (Å²) in [5.41, 5.74) is 5.62. The van der Waals surface area contributed by atoms with Gasteiger partial charge in [-0.2, -0.15) is 0 Å². The quantitative estimate of drug-likeness (QED) is 0.296. The molecule has 8 heteroatoms. The third-order valence-electron chi connectivity index (χ3n) is 8.33. The Morgan fingerprint density at radius 2 is 1.69 bits per heavy atom. The minimum Gasteiger partial charge on any atom is -0.340 e. The number of aromatic nitrogens is 4. The van der Waals surface area contributed by atoms with Crippen molar-refractivity contribution in [1.29, 1.82) is 0 Å². The number of carbonyl (C=O) groups is 1. The number of nitrogens with zero attached hydrogens (tertiary/aromatic N) is 6. The summed E-state index contributed by atoms with van der Waals surface area (Å²) in [6.07, 6.45) is 5.82. The van der Waals surface area contributed by atoms with Crippen molar-refractivity contribution in [3.05, 3.63) is 84.0 Å². The third kappa shape index (κ3) is 4.36. The van der Waals surface area contributed by atoms with E-state index in [0.29, 0.717) is 17.1 Å². The van der Waals surface area contributed by atoms with Crippen LogP contribution in [-0.2, 0) is 4.79 Å². The van der Waals surface area contributed by atoms with E-state index < -0.39 is 0 Å². The van der Waals surface area contributed by atoms with Crippen molar-refractivity contribution >= 4 is 33.9 Å². The highest BCUT2D eigenvalue weighted by molar-refractivity contribution is 6.33. The van der Waals surface area contributed by atoms with Gasteiger partial charge in [0.15, 0.2) is 5.15 Å². The van der Waals surface area contributed by atoms with Gasteiger partial charge in [0.1, 0.15) is 11.3 Å². The average Bonchev–Trinajstić information content (AvgIpc) is 3.33. The standard InChI is InChI=1S/C31H29ClN6O/c1-20(39)36-13-15-37(16-14-36)25-17-24(18-25)31-35-28(29-30(32)33-11-12-38(29)31)23-8-7-22-9-10-26(34-27(22)19-23)21-5-3-2-4-6-21/h2-12,19,24-25H,13-18H2,1H3. The summed E-state index contributed by atoms with van der Waals surface area (Å²) in [6.45, 7) is 5.17. The fourth-order valence-electron chi connectivity index (χ4n) is 6.05. The minimum absolute atomic E-state index is 0.170. The molecule has 1 aliphatic carbocycles. The number of halogens is 1. The zero-order chi connectivity index (χ0) is 26.5. The van der Waals surface area contributed by atoms with E-state index in [9.17, 15) is 4.79 Å². The lowest BCUT2D eigenvalue weighted by molar-refractivity contribution is -0.131. The monoisotopic (exact) mass is 536 g/mol. The maximum atomic E-state index is 11.7. The summed E-state index contributed by atoms with van der Waals surface area (Å²) in [4.78, 5) is 30.7. The lowest BCUT2D eigenvalue weighted by Gasteiger charge is -2.46. The lowest BCUT2D eigenvalue weighted by Crippen LogP contribution is -2.54. The van der Waals surface area contributed by atoms with Crippen molar-refractivity contribution in [2.24, 2.45) is 0 Å². The number of pyridine rings is 1. The first kappa shape index (κ1) is 24.2. The fourth-order valence-corrected chi connectivity index (χ4v) is 6.28. The molecule has 39 heavy (non-hydrogen) atoms. The molecule has 3 aromatic heterocycles. The summed E-state index contributed by atoms with van der Waals surface area (Å²) in [7, 11) is 0. The zero-order valence-electron chi connectivity index (χ0n) is 21.8. The van der Waals surface area contributed by atoms with Gasteiger partial charge < -0.3 is 4.90 Å². The molecule has 7 rings (SSSR count). The Bertz CT molecular complexity index is 1690. The number of carbonyl (C=O) groups excluding carboxylic acids is 1. The molecule has 2 aliphatic rings. The Morgan fingerprint density at radius 1 is 0.923 bits per heavy atom. The number of hydrogen-bond donors (Lipinski definition) is 0. The van der Waals surface area contributed by atoms with E-state index >= 15 is 0 Å². The summed E-state index contributed by atoms with van der Waals surface area (Å²) >= 11 is 6.68. The molecule has 0 radical (unpaired) electrons.